The van der Waals surface area contributed by atoms with Crippen molar-refractivity contribution in [1.82, 2.24) is 4.90 Å². The first-order chi connectivity index (χ1) is 10.4. The molecule has 1 aromatic carbocycles. The van der Waals surface area contributed by atoms with E-state index in [1.807, 2.05) is 32.0 Å². The van der Waals surface area contributed by atoms with Gasteiger partial charge in [-0.1, -0.05) is 18.9 Å². The van der Waals surface area contributed by atoms with Gasteiger partial charge in [0, 0.05) is 7.05 Å². The number of nitrogens with zero attached hydrogens (tertiary/aromatic N) is 1. The number of likely N-dealkylation sites (N-methyl/N-ethyl adjacent to an activating group) is 1. The molecule has 4 heteroatoms. The molecule has 0 radical (unpaired) electrons. The summed E-state index contributed by atoms with van der Waals surface area (Å²) in [6.45, 7) is 5.84. The summed E-state index contributed by atoms with van der Waals surface area (Å²) in [5.41, 5.74) is 2.35. The molecular weight excluding hydrogens is 278 g/mol. The van der Waals surface area contributed by atoms with Gasteiger partial charge in [-0.2, -0.15) is 0 Å². The maximum absolute atomic E-state index is 12.5. The maximum Gasteiger partial charge on any atom is 0.263 e. The zero-order valence-electron chi connectivity index (χ0n) is 14.0. The molecule has 1 fully saturated rings. The van der Waals surface area contributed by atoms with Gasteiger partial charge in [-0.05, 0) is 56.9 Å². The smallest absolute Gasteiger partial charge is 0.263 e. The van der Waals surface area contributed by atoms with Gasteiger partial charge in [0.05, 0.1) is 12.1 Å². The molecular formula is C18H27NO3. The minimum Gasteiger partial charge on any atom is -0.481 e. The van der Waals surface area contributed by atoms with Crippen LogP contribution in [-0.2, 0) is 4.79 Å². The molecule has 1 amide bonds. The average Bonchev–Trinajstić information content (AvgIpc) is 2.50. The van der Waals surface area contributed by atoms with Crippen LogP contribution in [0.2, 0.25) is 0 Å². The highest BCUT2D eigenvalue weighted by Gasteiger charge is 2.31. The van der Waals surface area contributed by atoms with E-state index in [-0.39, 0.29) is 11.9 Å². The molecule has 0 spiro atoms. The van der Waals surface area contributed by atoms with E-state index in [0.717, 1.165) is 31.2 Å². The van der Waals surface area contributed by atoms with Crippen LogP contribution in [0.4, 0.5) is 0 Å². The first-order valence-corrected chi connectivity index (χ1v) is 8.09. The van der Waals surface area contributed by atoms with Gasteiger partial charge >= 0.3 is 0 Å². The Hall–Kier alpha value is -1.55. The number of aryl methyl sites for hydroxylation is 2. The van der Waals surface area contributed by atoms with Crippen LogP contribution >= 0.6 is 0 Å². The van der Waals surface area contributed by atoms with E-state index in [1.165, 1.54) is 5.56 Å². The van der Waals surface area contributed by atoms with Gasteiger partial charge in [0.2, 0.25) is 0 Å². The minimum absolute atomic E-state index is 0.0795. The van der Waals surface area contributed by atoms with Crippen LogP contribution < -0.4 is 4.74 Å². The van der Waals surface area contributed by atoms with Gasteiger partial charge in [0.25, 0.3) is 5.91 Å². The molecule has 122 valence electrons. The molecule has 2 rings (SSSR count). The Morgan fingerprint density at radius 1 is 1.27 bits per heavy atom. The normalized spacial score (nSPS) is 23.0. The van der Waals surface area contributed by atoms with Gasteiger partial charge in [0.15, 0.2) is 6.10 Å². The van der Waals surface area contributed by atoms with E-state index >= 15 is 0 Å². The SMILES string of the molecule is Cc1ccc(OC(C)C(=O)N(C)C2CCCCC2O)cc1C. The summed E-state index contributed by atoms with van der Waals surface area (Å²) in [7, 11) is 1.77. The van der Waals surface area contributed by atoms with Crippen molar-refractivity contribution in [2.45, 2.75) is 64.7 Å². The molecule has 1 N–H and O–H groups in total. The van der Waals surface area contributed by atoms with Gasteiger partial charge < -0.3 is 14.7 Å². The first-order valence-electron chi connectivity index (χ1n) is 8.09. The van der Waals surface area contributed by atoms with Crippen molar-refractivity contribution in [3.8, 4) is 5.75 Å². The molecule has 3 unspecified atom stereocenters. The van der Waals surface area contributed by atoms with Crippen molar-refractivity contribution in [3.63, 3.8) is 0 Å². The maximum atomic E-state index is 12.5. The number of amides is 1. The third-order valence-electron chi connectivity index (χ3n) is 4.68. The lowest BCUT2D eigenvalue weighted by Crippen LogP contribution is -2.50. The molecule has 1 aliphatic rings. The second kappa shape index (κ2) is 7.14. The molecule has 1 saturated carbocycles. The summed E-state index contributed by atoms with van der Waals surface area (Å²) < 4.78 is 5.79. The van der Waals surface area contributed by atoms with E-state index in [9.17, 15) is 9.90 Å². The molecule has 1 aliphatic carbocycles. The van der Waals surface area contributed by atoms with E-state index < -0.39 is 12.2 Å². The summed E-state index contributed by atoms with van der Waals surface area (Å²) >= 11 is 0. The van der Waals surface area contributed by atoms with Gasteiger partial charge in [0.1, 0.15) is 5.75 Å². The summed E-state index contributed by atoms with van der Waals surface area (Å²) in [4.78, 5) is 14.2. The number of carbonyl (C=O) groups is 1. The quantitative estimate of drug-likeness (QED) is 0.930. The molecule has 0 saturated heterocycles. The molecule has 0 aliphatic heterocycles. The number of aliphatic hydroxyl groups is 1. The average molecular weight is 305 g/mol. The van der Waals surface area contributed by atoms with E-state index in [1.54, 1.807) is 18.9 Å². The number of benzene rings is 1. The van der Waals surface area contributed by atoms with E-state index in [2.05, 4.69) is 0 Å². The molecule has 4 nitrogen and oxygen atoms in total. The van der Waals surface area contributed by atoms with Crippen LogP contribution in [0.3, 0.4) is 0 Å². The number of aliphatic hydroxyl groups excluding tert-OH is 1. The predicted octanol–water partition coefficient (Wildman–Crippen LogP) is 2.83. The first kappa shape index (κ1) is 16.8. The molecule has 0 aromatic heterocycles. The zero-order valence-corrected chi connectivity index (χ0v) is 14.0. The molecule has 0 bridgehead atoms. The monoisotopic (exact) mass is 305 g/mol. The van der Waals surface area contributed by atoms with Crippen LogP contribution in [0.5, 0.6) is 5.75 Å². The Bertz CT molecular complexity index is 529. The number of rotatable bonds is 4. The van der Waals surface area contributed by atoms with Crippen molar-refractivity contribution in [2.24, 2.45) is 0 Å². The third kappa shape index (κ3) is 3.80. The fraction of sp³-hybridized carbons (Fsp3) is 0.611. The van der Waals surface area contributed by atoms with Crippen molar-refractivity contribution < 1.29 is 14.6 Å². The largest absolute Gasteiger partial charge is 0.481 e. The Labute approximate surface area is 133 Å². The zero-order chi connectivity index (χ0) is 16.3. The standard InChI is InChI=1S/C18H27NO3/c1-12-9-10-15(11-13(12)2)22-14(3)18(21)19(4)16-7-5-6-8-17(16)20/h9-11,14,16-17,20H,5-8H2,1-4H3. The highest BCUT2D eigenvalue weighted by molar-refractivity contribution is 5.81. The highest BCUT2D eigenvalue weighted by atomic mass is 16.5. The Morgan fingerprint density at radius 3 is 2.59 bits per heavy atom. The number of hydrogen-bond acceptors (Lipinski definition) is 3. The van der Waals surface area contributed by atoms with Crippen molar-refractivity contribution in [1.29, 1.82) is 0 Å². The molecule has 0 heterocycles. The van der Waals surface area contributed by atoms with E-state index in [0.29, 0.717) is 5.75 Å². The van der Waals surface area contributed by atoms with Crippen molar-refractivity contribution in [2.75, 3.05) is 7.05 Å². The fourth-order valence-corrected chi connectivity index (χ4v) is 3.04. The summed E-state index contributed by atoms with van der Waals surface area (Å²) in [5.74, 6) is 0.630. The van der Waals surface area contributed by atoms with Crippen LogP contribution in [0, 0.1) is 13.8 Å². The second-order valence-corrected chi connectivity index (χ2v) is 6.37. The topological polar surface area (TPSA) is 49.8 Å². The van der Waals surface area contributed by atoms with Crippen molar-refractivity contribution in [3.05, 3.63) is 29.3 Å². The molecule has 3 atom stereocenters. The number of hydrogen-bond donors (Lipinski definition) is 1. The lowest BCUT2D eigenvalue weighted by molar-refractivity contribution is -0.142. The van der Waals surface area contributed by atoms with Crippen LogP contribution in [0.25, 0.3) is 0 Å². The van der Waals surface area contributed by atoms with Gasteiger partial charge in [-0.3, -0.25) is 4.79 Å². The Kier molecular flexibility index (Phi) is 5.46. The van der Waals surface area contributed by atoms with E-state index in [4.69, 9.17) is 4.74 Å². The van der Waals surface area contributed by atoms with Crippen LogP contribution in [-0.4, -0.2) is 41.2 Å². The summed E-state index contributed by atoms with van der Waals surface area (Å²) in [6, 6.07) is 5.75. The minimum atomic E-state index is -0.554. The summed E-state index contributed by atoms with van der Waals surface area (Å²) in [6.07, 6.45) is 2.76. The summed E-state index contributed by atoms with van der Waals surface area (Å²) in [5, 5.41) is 10.1. The Morgan fingerprint density at radius 2 is 1.95 bits per heavy atom. The van der Waals surface area contributed by atoms with Crippen LogP contribution in [0.1, 0.15) is 43.7 Å². The van der Waals surface area contributed by atoms with Crippen molar-refractivity contribution >= 4 is 5.91 Å². The fourth-order valence-electron chi connectivity index (χ4n) is 3.04. The number of carbonyl (C=O) groups excluding carboxylic acids is 1. The van der Waals surface area contributed by atoms with Gasteiger partial charge in [-0.15, -0.1) is 0 Å². The number of ether oxygens (including phenoxy) is 1. The molecule has 1 aromatic rings. The Balaban J connectivity index is 2.00. The lowest BCUT2D eigenvalue weighted by Gasteiger charge is -2.36. The van der Waals surface area contributed by atoms with Crippen LogP contribution in [0.15, 0.2) is 18.2 Å². The predicted molar refractivity (Wildman–Crippen MR) is 87.0 cm³/mol. The van der Waals surface area contributed by atoms with Gasteiger partial charge in [-0.25, -0.2) is 0 Å². The molecule has 22 heavy (non-hydrogen) atoms. The highest BCUT2D eigenvalue weighted by Crippen LogP contribution is 2.24. The lowest BCUT2D eigenvalue weighted by atomic mass is 9.91. The second-order valence-electron chi connectivity index (χ2n) is 6.37. The third-order valence-corrected chi connectivity index (χ3v) is 4.68.